The number of hydrogen-bond acceptors (Lipinski definition) is 3. The lowest BCUT2D eigenvalue weighted by Gasteiger charge is -2.06. The zero-order chi connectivity index (χ0) is 15.5. The number of nitrogens with zero attached hydrogens (tertiary/aromatic N) is 2. The molecule has 2 aromatic rings. The van der Waals surface area contributed by atoms with Gasteiger partial charge in [0, 0.05) is 19.7 Å². The first-order valence-electron chi connectivity index (χ1n) is 6.26. The van der Waals surface area contributed by atoms with Crippen molar-refractivity contribution < 1.29 is 22.4 Å². The van der Waals surface area contributed by atoms with E-state index in [2.05, 4.69) is 10.4 Å². The van der Waals surface area contributed by atoms with Crippen LogP contribution >= 0.6 is 0 Å². The zero-order valence-electron chi connectivity index (χ0n) is 11.3. The van der Waals surface area contributed by atoms with E-state index in [0.29, 0.717) is 11.5 Å². The van der Waals surface area contributed by atoms with Gasteiger partial charge in [0.1, 0.15) is 11.5 Å². The van der Waals surface area contributed by atoms with Crippen molar-refractivity contribution in [3.05, 3.63) is 30.2 Å². The third-order valence-corrected chi connectivity index (χ3v) is 2.83. The third-order valence-electron chi connectivity index (χ3n) is 2.83. The Balaban J connectivity index is 1.86. The van der Waals surface area contributed by atoms with Crippen LogP contribution in [-0.4, -0.2) is 21.9 Å². The summed E-state index contributed by atoms with van der Waals surface area (Å²) in [6.45, 7) is 0.0501. The van der Waals surface area contributed by atoms with Crippen molar-refractivity contribution >= 4 is 5.91 Å². The van der Waals surface area contributed by atoms with Crippen molar-refractivity contribution in [2.24, 2.45) is 7.05 Å². The Hall–Kier alpha value is -2.25. The summed E-state index contributed by atoms with van der Waals surface area (Å²) in [5, 5.41) is 6.39. The molecule has 0 aliphatic carbocycles. The minimum Gasteiger partial charge on any atom is -0.458 e. The van der Waals surface area contributed by atoms with Crippen LogP contribution in [0.25, 0.3) is 11.5 Å². The maximum atomic E-state index is 12.0. The summed E-state index contributed by atoms with van der Waals surface area (Å²) >= 11 is 0. The minimum absolute atomic E-state index is 0.0501. The Morgan fingerprint density at radius 3 is 2.76 bits per heavy atom. The molecule has 0 aliphatic heterocycles. The van der Waals surface area contributed by atoms with Crippen LogP contribution in [0.5, 0.6) is 0 Å². The predicted octanol–water partition coefficient (Wildman–Crippen LogP) is 2.64. The van der Waals surface area contributed by atoms with Crippen molar-refractivity contribution in [2.45, 2.75) is 25.6 Å². The van der Waals surface area contributed by atoms with Crippen molar-refractivity contribution in [2.75, 3.05) is 0 Å². The fourth-order valence-electron chi connectivity index (χ4n) is 1.76. The van der Waals surface area contributed by atoms with Gasteiger partial charge in [-0.2, -0.15) is 18.3 Å². The molecule has 2 heterocycles. The van der Waals surface area contributed by atoms with E-state index < -0.39 is 24.9 Å². The molecule has 2 aromatic heterocycles. The molecule has 0 aliphatic rings. The lowest BCUT2D eigenvalue weighted by molar-refractivity contribution is -0.144. The number of halogens is 3. The van der Waals surface area contributed by atoms with E-state index in [9.17, 15) is 18.0 Å². The second-order valence-electron chi connectivity index (χ2n) is 4.50. The highest BCUT2D eigenvalue weighted by atomic mass is 19.4. The van der Waals surface area contributed by atoms with Crippen molar-refractivity contribution in [1.29, 1.82) is 0 Å². The molecule has 5 nitrogen and oxygen atoms in total. The van der Waals surface area contributed by atoms with Gasteiger partial charge in [0.25, 0.3) is 0 Å². The predicted molar refractivity (Wildman–Crippen MR) is 68.0 cm³/mol. The number of aromatic nitrogens is 2. The van der Waals surface area contributed by atoms with Gasteiger partial charge >= 0.3 is 6.18 Å². The SMILES string of the molecule is Cn1nccc1-c1ccc(CNC(=O)CCC(F)(F)F)o1. The van der Waals surface area contributed by atoms with Crippen LogP contribution in [0.15, 0.2) is 28.8 Å². The number of nitrogens with one attached hydrogen (secondary N) is 1. The quantitative estimate of drug-likeness (QED) is 0.923. The molecule has 2 rings (SSSR count). The fraction of sp³-hybridized carbons (Fsp3) is 0.385. The van der Waals surface area contributed by atoms with Crippen LogP contribution in [0, 0.1) is 0 Å². The summed E-state index contributed by atoms with van der Waals surface area (Å²) in [6.07, 6.45) is -4.42. The van der Waals surface area contributed by atoms with Crippen molar-refractivity contribution in [3.63, 3.8) is 0 Å². The molecular formula is C13H14F3N3O2. The molecule has 0 unspecified atom stereocenters. The average molecular weight is 301 g/mol. The van der Waals surface area contributed by atoms with Crippen molar-refractivity contribution in [1.82, 2.24) is 15.1 Å². The Labute approximate surface area is 118 Å². The number of carbonyl (C=O) groups is 1. The number of aryl methyl sites for hydroxylation is 1. The van der Waals surface area contributed by atoms with Crippen LogP contribution in [-0.2, 0) is 18.4 Å². The van der Waals surface area contributed by atoms with Gasteiger partial charge in [-0.05, 0) is 18.2 Å². The second-order valence-corrected chi connectivity index (χ2v) is 4.50. The number of amides is 1. The fourth-order valence-corrected chi connectivity index (χ4v) is 1.76. The van der Waals surface area contributed by atoms with E-state index in [0.717, 1.165) is 5.69 Å². The Morgan fingerprint density at radius 2 is 2.14 bits per heavy atom. The number of carbonyl (C=O) groups excluding carboxylic acids is 1. The van der Waals surface area contributed by atoms with Gasteiger partial charge in [-0.25, -0.2) is 0 Å². The van der Waals surface area contributed by atoms with E-state index in [4.69, 9.17) is 4.42 Å². The van der Waals surface area contributed by atoms with Crippen LogP contribution in [0.3, 0.4) is 0 Å². The summed E-state index contributed by atoms with van der Waals surface area (Å²) < 4.78 is 43.0. The molecule has 0 saturated carbocycles. The van der Waals surface area contributed by atoms with Gasteiger partial charge in [0.05, 0.1) is 13.0 Å². The molecule has 114 valence electrons. The van der Waals surface area contributed by atoms with E-state index in [1.54, 1.807) is 36.1 Å². The first kappa shape index (κ1) is 15.1. The van der Waals surface area contributed by atoms with Gasteiger partial charge in [-0.1, -0.05) is 0 Å². The number of rotatable bonds is 5. The van der Waals surface area contributed by atoms with Crippen LogP contribution in [0.1, 0.15) is 18.6 Å². The number of hydrogen-bond donors (Lipinski definition) is 1. The molecule has 8 heteroatoms. The standard InChI is InChI=1S/C13H14F3N3O2/c1-19-10(5-7-18-19)11-3-2-9(21-11)8-17-12(20)4-6-13(14,15)16/h2-3,5,7H,4,6,8H2,1H3,(H,17,20). The molecule has 0 spiro atoms. The lowest BCUT2D eigenvalue weighted by atomic mass is 10.3. The summed E-state index contributed by atoms with van der Waals surface area (Å²) in [5.41, 5.74) is 0.768. The highest BCUT2D eigenvalue weighted by molar-refractivity contribution is 5.75. The topological polar surface area (TPSA) is 60.1 Å². The highest BCUT2D eigenvalue weighted by Crippen LogP contribution is 2.22. The first-order chi connectivity index (χ1) is 9.85. The van der Waals surface area contributed by atoms with E-state index in [1.807, 2.05) is 0 Å². The largest absolute Gasteiger partial charge is 0.458 e. The summed E-state index contributed by atoms with van der Waals surface area (Å²) in [7, 11) is 1.76. The van der Waals surface area contributed by atoms with Gasteiger partial charge in [-0.15, -0.1) is 0 Å². The Bertz CT molecular complexity index is 616. The molecule has 0 aromatic carbocycles. The molecule has 1 amide bonds. The molecule has 21 heavy (non-hydrogen) atoms. The summed E-state index contributed by atoms with van der Waals surface area (Å²) in [6, 6.07) is 5.14. The maximum Gasteiger partial charge on any atom is 0.389 e. The molecule has 0 atom stereocenters. The van der Waals surface area contributed by atoms with Crippen LogP contribution < -0.4 is 5.32 Å². The molecule has 0 fully saturated rings. The van der Waals surface area contributed by atoms with E-state index in [1.165, 1.54) is 0 Å². The third kappa shape index (κ3) is 4.37. The van der Waals surface area contributed by atoms with Crippen LogP contribution in [0.4, 0.5) is 13.2 Å². The minimum atomic E-state index is -4.32. The highest BCUT2D eigenvalue weighted by Gasteiger charge is 2.27. The average Bonchev–Trinajstić information content (AvgIpc) is 3.01. The van der Waals surface area contributed by atoms with E-state index in [-0.39, 0.29) is 6.54 Å². The summed E-state index contributed by atoms with van der Waals surface area (Å²) in [5.74, 6) is 0.381. The summed E-state index contributed by atoms with van der Waals surface area (Å²) in [4.78, 5) is 11.3. The maximum absolute atomic E-state index is 12.0. The molecular weight excluding hydrogens is 287 g/mol. The smallest absolute Gasteiger partial charge is 0.389 e. The van der Waals surface area contributed by atoms with Crippen molar-refractivity contribution in [3.8, 4) is 11.5 Å². The van der Waals surface area contributed by atoms with E-state index >= 15 is 0 Å². The van der Waals surface area contributed by atoms with Gasteiger partial charge in [0.2, 0.25) is 5.91 Å². The molecule has 0 saturated heterocycles. The van der Waals surface area contributed by atoms with Gasteiger partial charge < -0.3 is 9.73 Å². The zero-order valence-corrected chi connectivity index (χ0v) is 11.3. The first-order valence-corrected chi connectivity index (χ1v) is 6.26. The molecule has 0 bridgehead atoms. The lowest BCUT2D eigenvalue weighted by Crippen LogP contribution is -2.24. The Kier molecular flexibility index (Phi) is 4.35. The molecule has 0 radical (unpaired) electrons. The van der Waals surface area contributed by atoms with Gasteiger partial charge in [-0.3, -0.25) is 9.48 Å². The normalized spacial score (nSPS) is 11.6. The monoisotopic (exact) mass is 301 g/mol. The molecule has 1 N–H and O–H groups in total. The van der Waals surface area contributed by atoms with Gasteiger partial charge in [0.15, 0.2) is 5.76 Å². The number of furan rings is 1. The number of alkyl halides is 3. The second kappa shape index (κ2) is 6.02. The Morgan fingerprint density at radius 1 is 1.38 bits per heavy atom. The van der Waals surface area contributed by atoms with Crippen LogP contribution in [0.2, 0.25) is 0 Å².